The zero-order chi connectivity index (χ0) is 10.1. The van der Waals surface area contributed by atoms with E-state index in [1.807, 2.05) is 0 Å². The average molecular weight is 205 g/mol. The molecule has 6 nitrogen and oxygen atoms in total. The van der Waals surface area contributed by atoms with Crippen molar-refractivity contribution in [3.8, 4) is 0 Å². The number of nitrogens with zero attached hydrogens (tertiary/aromatic N) is 1. The van der Waals surface area contributed by atoms with Crippen molar-refractivity contribution in [3.63, 3.8) is 0 Å². The van der Waals surface area contributed by atoms with Crippen LogP contribution in [0.4, 0.5) is 0 Å². The van der Waals surface area contributed by atoms with Gasteiger partial charge in [-0.2, -0.15) is 5.10 Å². The van der Waals surface area contributed by atoms with Crippen LogP contribution >= 0.6 is 7.60 Å². The second kappa shape index (κ2) is 3.59. The van der Waals surface area contributed by atoms with E-state index in [1.54, 1.807) is 6.92 Å². The number of H-pyrrole nitrogens is 1. The molecular weight excluding hydrogens is 193 g/mol. The summed E-state index contributed by atoms with van der Waals surface area (Å²) in [6.07, 6.45) is 0.521. The first-order chi connectivity index (χ1) is 5.89. The van der Waals surface area contributed by atoms with Gasteiger partial charge in [-0.15, -0.1) is 0 Å². The van der Waals surface area contributed by atoms with Gasteiger partial charge in [-0.05, 0) is 13.0 Å². The monoisotopic (exact) mass is 205 g/mol. The van der Waals surface area contributed by atoms with Crippen LogP contribution in [0, 0.1) is 0 Å². The Hall–Kier alpha value is -0.680. The molecule has 13 heavy (non-hydrogen) atoms. The van der Waals surface area contributed by atoms with Crippen molar-refractivity contribution < 1.29 is 14.4 Å². The van der Waals surface area contributed by atoms with E-state index in [1.165, 1.54) is 6.07 Å². The predicted molar refractivity (Wildman–Crippen MR) is 47.6 cm³/mol. The first kappa shape index (κ1) is 10.4. The number of aromatic amines is 1. The van der Waals surface area contributed by atoms with E-state index in [4.69, 9.17) is 15.5 Å². The summed E-state index contributed by atoms with van der Waals surface area (Å²) < 4.78 is 10.7. The van der Waals surface area contributed by atoms with E-state index >= 15 is 0 Å². The Bertz CT molecular complexity index is 330. The number of rotatable bonds is 3. The second-order valence-corrected chi connectivity index (χ2v) is 4.52. The molecule has 1 aromatic rings. The molecule has 1 rings (SSSR count). The summed E-state index contributed by atoms with van der Waals surface area (Å²) in [7, 11) is -4.22. The Labute approximate surface area is 75.3 Å². The van der Waals surface area contributed by atoms with E-state index in [0.29, 0.717) is 12.1 Å². The van der Waals surface area contributed by atoms with Gasteiger partial charge in [0, 0.05) is 18.2 Å². The van der Waals surface area contributed by atoms with Crippen molar-refractivity contribution in [2.75, 3.05) is 0 Å². The molecule has 1 aromatic heterocycles. The minimum atomic E-state index is -4.22. The zero-order valence-electron chi connectivity index (χ0n) is 7.14. The SMILES string of the molecule is C[C@@H](N)Cc1cc(P(=O)(O)O)n[nH]1. The highest BCUT2D eigenvalue weighted by Gasteiger charge is 2.20. The predicted octanol–water partition coefficient (Wildman–Crippen LogP) is -0.898. The van der Waals surface area contributed by atoms with Gasteiger partial charge in [0.15, 0.2) is 5.44 Å². The Kier molecular flexibility index (Phi) is 2.87. The van der Waals surface area contributed by atoms with E-state index < -0.39 is 7.60 Å². The normalized spacial score (nSPS) is 14.5. The van der Waals surface area contributed by atoms with Crippen molar-refractivity contribution in [2.45, 2.75) is 19.4 Å². The average Bonchev–Trinajstić information content (AvgIpc) is 2.32. The molecule has 0 saturated carbocycles. The fourth-order valence-corrected chi connectivity index (χ4v) is 1.45. The largest absolute Gasteiger partial charge is 0.376 e. The summed E-state index contributed by atoms with van der Waals surface area (Å²) in [5.74, 6) is 0. The van der Waals surface area contributed by atoms with Crippen molar-refractivity contribution in [1.29, 1.82) is 0 Å². The number of hydrogen-bond donors (Lipinski definition) is 4. The van der Waals surface area contributed by atoms with Gasteiger partial charge >= 0.3 is 7.60 Å². The van der Waals surface area contributed by atoms with E-state index in [9.17, 15) is 4.57 Å². The van der Waals surface area contributed by atoms with Gasteiger partial charge in [-0.1, -0.05) is 0 Å². The molecule has 0 radical (unpaired) electrons. The number of nitrogens with two attached hydrogens (primary N) is 1. The molecule has 1 heterocycles. The summed E-state index contributed by atoms with van der Waals surface area (Å²) >= 11 is 0. The summed E-state index contributed by atoms with van der Waals surface area (Å²) in [5, 5.41) is 6.02. The molecule has 0 saturated heterocycles. The molecule has 0 aliphatic carbocycles. The van der Waals surface area contributed by atoms with Gasteiger partial charge in [-0.3, -0.25) is 9.66 Å². The first-order valence-corrected chi connectivity index (χ1v) is 5.37. The van der Waals surface area contributed by atoms with E-state index in [2.05, 4.69) is 10.2 Å². The Morgan fingerprint density at radius 2 is 2.38 bits per heavy atom. The van der Waals surface area contributed by atoms with E-state index in [0.717, 1.165) is 0 Å². The smallest absolute Gasteiger partial charge is 0.328 e. The van der Waals surface area contributed by atoms with Gasteiger partial charge in [-0.25, -0.2) is 0 Å². The standard InChI is InChI=1S/C6H12N3O3P/c1-4(7)2-5-3-6(9-8-5)13(10,11)12/h3-4H,2,7H2,1H3,(H,8,9)(H2,10,11,12)/t4-/m1/s1. The molecule has 7 heteroatoms. The minimum absolute atomic E-state index is 0.0647. The van der Waals surface area contributed by atoms with Gasteiger partial charge in [0.05, 0.1) is 0 Å². The molecule has 74 valence electrons. The first-order valence-electron chi connectivity index (χ1n) is 3.75. The second-order valence-electron chi connectivity index (χ2n) is 2.98. The third kappa shape index (κ3) is 2.93. The van der Waals surface area contributed by atoms with Crippen LogP contribution in [0.2, 0.25) is 0 Å². The third-order valence-electron chi connectivity index (χ3n) is 1.46. The van der Waals surface area contributed by atoms with Gasteiger partial charge in [0.25, 0.3) is 0 Å². The van der Waals surface area contributed by atoms with Gasteiger partial charge in [0.2, 0.25) is 0 Å². The quantitative estimate of drug-likeness (QED) is 0.478. The highest BCUT2D eigenvalue weighted by atomic mass is 31.2. The van der Waals surface area contributed by atoms with Gasteiger partial charge in [0.1, 0.15) is 0 Å². The maximum Gasteiger partial charge on any atom is 0.376 e. The van der Waals surface area contributed by atoms with Crippen LogP contribution in [0.3, 0.4) is 0 Å². The lowest BCUT2D eigenvalue weighted by Gasteiger charge is -1.99. The van der Waals surface area contributed by atoms with Crippen molar-refractivity contribution in [3.05, 3.63) is 11.8 Å². The molecular formula is C6H12N3O3P. The lowest BCUT2D eigenvalue weighted by Crippen LogP contribution is -2.17. The Balaban J connectivity index is 2.81. The fraction of sp³-hybridized carbons (Fsp3) is 0.500. The molecule has 0 amide bonds. The molecule has 0 spiro atoms. The molecule has 0 bridgehead atoms. The fourth-order valence-electron chi connectivity index (χ4n) is 0.950. The number of nitrogens with one attached hydrogen (secondary N) is 1. The maximum atomic E-state index is 10.7. The van der Waals surface area contributed by atoms with Crippen LogP contribution in [0.15, 0.2) is 6.07 Å². The zero-order valence-corrected chi connectivity index (χ0v) is 8.03. The number of aromatic nitrogens is 2. The molecule has 0 unspecified atom stereocenters. The molecule has 1 atom stereocenters. The van der Waals surface area contributed by atoms with Crippen molar-refractivity contribution in [2.24, 2.45) is 5.73 Å². The molecule has 0 fully saturated rings. The molecule has 0 aliphatic heterocycles. The lowest BCUT2D eigenvalue weighted by molar-refractivity contribution is 0.386. The summed E-state index contributed by atoms with van der Waals surface area (Å²) in [5.41, 5.74) is 5.90. The summed E-state index contributed by atoms with van der Waals surface area (Å²) in [6.45, 7) is 1.80. The van der Waals surface area contributed by atoms with E-state index in [-0.39, 0.29) is 11.5 Å². The van der Waals surface area contributed by atoms with Crippen LogP contribution in [-0.2, 0) is 11.0 Å². The Morgan fingerprint density at radius 1 is 1.77 bits per heavy atom. The summed E-state index contributed by atoms with van der Waals surface area (Å²) in [4.78, 5) is 17.5. The van der Waals surface area contributed by atoms with Crippen LogP contribution in [0.5, 0.6) is 0 Å². The molecule has 0 aliphatic rings. The van der Waals surface area contributed by atoms with Crippen LogP contribution < -0.4 is 11.2 Å². The maximum absolute atomic E-state index is 10.7. The number of hydrogen-bond acceptors (Lipinski definition) is 3. The van der Waals surface area contributed by atoms with Crippen molar-refractivity contribution >= 4 is 13.0 Å². The van der Waals surface area contributed by atoms with Crippen LogP contribution in [0.25, 0.3) is 0 Å². The van der Waals surface area contributed by atoms with Crippen LogP contribution in [0.1, 0.15) is 12.6 Å². The summed E-state index contributed by atoms with van der Waals surface area (Å²) in [6, 6.07) is 1.27. The molecule has 0 aromatic carbocycles. The topological polar surface area (TPSA) is 112 Å². The highest BCUT2D eigenvalue weighted by molar-refractivity contribution is 7.60. The lowest BCUT2D eigenvalue weighted by atomic mass is 10.2. The van der Waals surface area contributed by atoms with Crippen LogP contribution in [-0.4, -0.2) is 26.0 Å². The minimum Gasteiger partial charge on any atom is -0.328 e. The molecule has 5 N–H and O–H groups in total. The van der Waals surface area contributed by atoms with Gasteiger partial charge < -0.3 is 15.5 Å². The highest BCUT2D eigenvalue weighted by Crippen LogP contribution is 2.31. The third-order valence-corrected chi connectivity index (χ3v) is 2.28. The Morgan fingerprint density at radius 3 is 2.77 bits per heavy atom. The van der Waals surface area contributed by atoms with Crippen molar-refractivity contribution in [1.82, 2.24) is 10.2 Å².